The van der Waals surface area contributed by atoms with Crippen LogP contribution in [0.5, 0.6) is 5.75 Å². The van der Waals surface area contributed by atoms with Crippen molar-refractivity contribution >= 4 is 11.7 Å². The van der Waals surface area contributed by atoms with Gasteiger partial charge in [-0.25, -0.2) is 0 Å². The number of carbonyl (C=O) groups is 2. The molecular weight excluding hydrogens is 334 g/mol. The highest BCUT2D eigenvalue weighted by molar-refractivity contribution is 5.94. The third-order valence-corrected chi connectivity index (χ3v) is 4.65. The predicted molar refractivity (Wildman–Crippen MR) is 94.8 cm³/mol. The first-order valence-corrected chi connectivity index (χ1v) is 8.62. The number of rotatable bonds is 7. The number of ether oxygens (including phenoxy) is 1. The van der Waals surface area contributed by atoms with E-state index in [4.69, 9.17) is 4.74 Å². The largest absolute Gasteiger partial charge is 0.484 e. The third-order valence-electron chi connectivity index (χ3n) is 4.65. The van der Waals surface area contributed by atoms with Crippen LogP contribution in [-0.2, 0) is 11.8 Å². The number of aryl methyl sites for hydroxylation is 1. The molecule has 1 aliphatic carbocycles. The number of ketones is 1. The van der Waals surface area contributed by atoms with Crippen molar-refractivity contribution in [2.45, 2.75) is 31.9 Å². The van der Waals surface area contributed by atoms with Crippen molar-refractivity contribution in [1.29, 1.82) is 0 Å². The highest BCUT2D eigenvalue weighted by Crippen LogP contribution is 2.37. The molecule has 1 heterocycles. The maximum Gasteiger partial charge on any atom is 0.258 e. The van der Waals surface area contributed by atoms with Crippen molar-refractivity contribution in [1.82, 2.24) is 15.1 Å². The fourth-order valence-corrected chi connectivity index (χ4v) is 3.13. The smallest absolute Gasteiger partial charge is 0.258 e. The van der Waals surface area contributed by atoms with E-state index in [1.54, 1.807) is 35.1 Å². The minimum atomic E-state index is -0.299. The molecule has 0 bridgehead atoms. The van der Waals surface area contributed by atoms with Gasteiger partial charge in [0.1, 0.15) is 5.75 Å². The van der Waals surface area contributed by atoms with E-state index in [1.807, 2.05) is 13.2 Å². The minimum absolute atomic E-state index is 0.0173. The monoisotopic (exact) mass is 357 g/mol. The summed E-state index contributed by atoms with van der Waals surface area (Å²) in [5, 5.41) is 16.7. The second-order valence-corrected chi connectivity index (χ2v) is 6.75. The van der Waals surface area contributed by atoms with E-state index in [1.165, 1.54) is 6.92 Å². The molecule has 1 saturated carbocycles. The number of benzene rings is 1. The number of nitrogens with one attached hydrogen (secondary N) is 1. The molecule has 26 heavy (non-hydrogen) atoms. The van der Waals surface area contributed by atoms with Crippen molar-refractivity contribution in [2.75, 3.05) is 6.61 Å². The van der Waals surface area contributed by atoms with Crippen molar-refractivity contribution in [3.05, 3.63) is 47.8 Å². The van der Waals surface area contributed by atoms with Crippen LogP contribution in [-0.4, -0.2) is 39.3 Å². The van der Waals surface area contributed by atoms with Crippen LogP contribution in [0, 0.1) is 5.92 Å². The number of hydrogen-bond acceptors (Lipinski definition) is 5. The standard InChI is InChI=1S/C19H23N3O4/c1-12(23)13-3-5-17(6-4-13)26-11-18(25)21-19(14-7-16(24)8-14)15-9-20-22(2)10-15/h3-6,9-10,14,16,19,24H,7-8,11H2,1-2H3,(H,21,25)/t14?,16?,19-/m0/s1. The van der Waals surface area contributed by atoms with Gasteiger partial charge in [-0.1, -0.05) is 0 Å². The van der Waals surface area contributed by atoms with Crippen LogP contribution in [0.25, 0.3) is 0 Å². The van der Waals surface area contributed by atoms with Gasteiger partial charge in [-0.2, -0.15) is 5.10 Å². The quantitative estimate of drug-likeness (QED) is 0.735. The fourth-order valence-electron chi connectivity index (χ4n) is 3.13. The molecule has 0 radical (unpaired) electrons. The van der Waals surface area contributed by atoms with Gasteiger partial charge in [0.05, 0.1) is 18.3 Å². The lowest BCUT2D eigenvalue weighted by Gasteiger charge is -2.37. The van der Waals surface area contributed by atoms with Crippen LogP contribution in [0.4, 0.5) is 0 Å². The zero-order chi connectivity index (χ0) is 18.7. The summed E-state index contributed by atoms with van der Waals surface area (Å²) in [4.78, 5) is 23.6. The summed E-state index contributed by atoms with van der Waals surface area (Å²) in [6.45, 7) is 1.38. The van der Waals surface area contributed by atoms with Crippen LogP contribution < -0.4 is 10.1 Å². The molecule has 0 spiro atoms. The van der Waals surface area contributed by atoms with E-state index in [2.05, 4.69) is 10.4 Å². The first-order chi connectivity index (χ1) is 12.4. The number of amides is 1. The fraction of sp³-hybridized carbons (Fsp3) is 0.421. The van der Waals surface area contributed by atoms with Crippen LogP contribution in [0.1, 0.15) is 41.7 Å². The average Bonchev–Trinajstić information content (AvgIpc) is 3.02. The van der Waals surface area contributed by atoms with Gasteiger partial charge >= 0.3 is 0 Å². The molecule has 0 saturated heterocycles. The van der Waals surface area contributed by atoms with Gasteiger partial charge in [0.2, 0.25) is 0 Å². The molecule has 0 aliphatic heterocycles. The molecule has 1 aromatic heterocycles. The molecule has 1 aromatic carbocycles. The Hall–Kier alpha value is -2.67. The molecule has 3 rings (SSSR count). The van der Waals surface area contributed by atoms with Crippen LogP contribution >= 0.6 is 0 Å². The van der Waals surface area contributed by atoms with E-state index >= 15 is 0 Å². The maximum absolute atomic E-state index is 12.3. The van der Waals surface area contributed by atoms with E-state index in [0.717, 1.165) is 5.56 Å². The maximum atomic E-state index is 12.3. The Morgan fingerprint density at radius 3 is 2.58 bits per heavy atom. The van der Waals surface area contributed by atoms with E-state index in [9.17, 15) is 14.7 Å². The first-order valence-electron chi connectivity index (χ1n) is 8.62. The second kappa shape index (κ2) is 7.70. The summed E-state index contributed by atoms with van der Waals surface area (Å²) >= 11 is 0. The summed E-state index contributed by atoms with van der Waals surface area (Å²) in [6.07, 6.45) is 4.63. The highest BCUT2D eigenvalue weighted by atomic mass is 16.5. The van der Waals surface area contributed by atoms with E-state index in [0.29, 0.717) is 24.2 Å². The summed E-state index contributed by atoms with van der Waals surface area (Å²) in [5.41, 5.74) is 1.52. The molecule has 1 amide bonds. The van der Waals surface area contributed by atoms with Crippen molar-refractivity contribution in [2.24, 2.45) is 13.0 Å². The number of aliphatic hydroxyl groups is 1. The molecule has 7 heteroatoms. The first kappa shape index (κ1) is 18.1. The van der Waals surface area contributed by atoms with Crippen molar-refractivity contribution in [3.8, 4) is 5.75 Å². The van der Waals surface area contributed by atoms with Gasteiger partial charge in [0.25, 0.3) is 5.91 Å². The molecular formula is C19H23N3O4. The Morgan fingerprint density at radius 2 is 2.04 bits per heavy atom. The molecule has 1 atom stereocenters. The third kappa shape index (κ3) is 4.29. The molecule has 7 nitrogen and oxygen atoms in total. The number of nitrogens with zero attached hydrogens (tertiary/aromatic N) is 2. The van der Waals surface area contributed by atoms with Gasteiger partial charge in [-0.05, 0) is 49.9 Å². The van der Waals surface area contributed by atoms with Gasteiger partial charge < -0.3 is 15.2 Å². The predicted octanol–water partition coefficient (Wildman–Crippen LogP) is 1.63. The molecule has 1 fully saturated rings. The lowest BCUT2D eigenvalue weighted by Crippen LogP contribution is -2.42. The number of carbonyl (C=O) groups excluding carboxylic acids is 2. The lowest BCUT2D eigenvalue weighted by molar-refractivity contribution is -0.125. The lowest BCUT2D eigenvalue weighted by atomic mass is 9.75. The number of Topliss-reactive ketones (excluding diaryl/α,β-unsaturated/α-hetero) is 1. The van der Waals surface area contributed by atoms with Crippen molar-refractivity contribution < 1.29 is 19.4 Å². The van der Waals surface area contributed by atoms with Crippen LogP contribution in [0.3, 0.4) is 0 Å². The Morgan fingerprint density at radius 1 is 1.35 bits per heavy atom. The van der Waals surface area contributed by atoms with Gasteiger partial charge in [-0.15, -0.1) is 0 Å². The molecule has 1 aliphatic rings. The SMILES string of the molecule is CC(=O)c1ccc(OCC(=O)N[C@H](c2cnn(C)c2)C2CC(O)C2)cc1. The zero-order valence-corrected chi connectivity index (χ0v) is 14.9. The summed E-state index contributed by atoms with van der Waals surface area (Å²) < 4.78 is 7.19. The van der Waals surface area contributed by atoms with Crippen LogP contribution in [0.2, 0.25) is 0 Å². The molecule has 0 unspecified atom stereocenters. The molecule has 2 aromatic rings. The van der Waals surface area contributed by atoms with Crippen LogP contribution in [0.15, 0.2) is 36.7 Å². The Labute approximate surface area is 152 Å². The van der Waals surface area contributed by atoms with Crippen molar-refractivity contribution in [3.63, 3.8) is 0 Å². The number of aliphatic hydroxyl groups excluding tert-OH is 1. The summed E-state index contributed by atoms with van der Waals surface area (Å²) in [7, 11) is 1.83. The normalized spacial score (nSPS) is 20.1. The number of aromatic nitrogens is 2. The zero-order valence-electron chi connectivity index (χ0n) is 14.9. The summed E-state index contributed by atoms with van der Waals surface area (Å²) in [6, 6.07) is 6.49. The number of hydrogen-bond donors (Lipinski definition) is 2. The summed E-state index contributed by atoms with van der Waals surface area (Å²) in [5.74, 6) is 0.460. The van der Waals surface area contributed by atoms with E-state index < -0.39 is 0 Å². The topological polar surface area (TPSA) is 93.5 Å². The van der Waals surface area contributed by atoms with Gasteiger partial charge in [-0.3, -0.25) is 14.3 Å². The Bertz CT molecular complexity index is 778. The molecule has 138 valence electrons. The Kier molecular flexibility index (Phi) is 5.37. The highest BCUT2D eigenvalue weighted by Gasteiger charge is 2.36. The van der Waals surface area contributed by atoms with E-state index in [-0.39, 0.29) is 36.4 Å². The van der Waals surface area contributed by atoms with Gasteiger partial charge in [0.15, 0.2) is 12.4 Å². The average molecular weight is 357 g/mol. The van der Waals surface area contributed by atoms with Gasteiger partial charge in [0, 0.05) is 24.4 Å². The second-order valence-electron chi connectivity index (χ2n) is 6.75. The Balaban J connectivity index is 1.58. The molecule has 2 N–H and O–H groups in total. The minimum Gasteiger partial charge on any atom is -0.484 e.